The van der Waals surface area contributed by atoms with Crippen molar-refractivity contribution in [3.63, 3.8) is 0 Å². The third-order valence-corrected chi connectivity index (χ3v) is 12.0. The van der Waals surface area contributed by atoms with E-state index < -0.39 is 0 Å². The number of methoxy groups -OCH3 is 2. The number of rotatable bonds is 9. The maximum atomic E-state index is 13.4. The van der Waals surface area contributed by atoms with Crippen molar-refractivity contribution in [2.75, 3.05) is 48.6 Å². The molecule has 4 aromatic rings. The molecule has 0 bridgehead atoms. The van der Waals surface area contributed by atoms with Crippen molar-refractivity contribution in [1.82, 2.24) is 29.9 Å². The van der Waals surface area contributed by atoms with E-state index in [1.807, 2.05) is 52.6 Å². The lowest BCUT2D eigenvalue weighted by atomic mass is 9.75. The number of hydrogen-bond acceptors (Lipinski definition) is 14. The van der Waals surface area contributed by atoms with E-state index in [0.29, 0.717) is 54.9 Å². The zero-order valence-corrected chi connectivity index (χ0v) is 37.3. The molecule has 0 saturated heterocycles. The lowest BCUT2D eigenvalue weighted by Crippen LogP contribution is -2.44. The minimum absolute atomic E-state index is 0.0146. The summed E-state index contributed by atoms with van der Waals surface area (Å²) in [5.74, 6) is 2.87. The van der Waals surface area contributed by atoms with Crippen molar-refractivity contribution in [3.8, 4) is 11.5 Å². The second-order valence-corrected chi connectivity index (χ2v) is 15.9. The molecule has 2 atom stereocenters. The topological polar surface area (TPSA) is 188 Å². The van der Waals surface area contributed by atoms with Crippen LogP contribution in [0, 0.1) is 45.4 Å². The first-order chi connectivity index (χ1) is 28.3. The maximum Gasteiger partial charge on any atom is 0.223 e. The average molecular weight is 850 g/mol. The van der Waals surface area contributed by atoms with Crippen molar-refractivity contribution >= 4 is 58.3 Å². The van der Waals surface area contributed by atoms with Crippen LogP contribution in [-0.4, -0.2) is 68.8 Å². The third-order valence-electron chi connectivity index (χ3n) is 11.4. The van der Waals surface area contributed by atoms with Gasteiger partial charge in [-0.15, -0.1) is 0 Å². The smallest absolute Gasteiger partial charge is 0.223 e. The standard InChI is InChI=1S/C22H28ClN5O2.C19H24ClN5O2.C2H6/c1-12-9-25-16(13(2)19(12)30-3)11-28-10-15(14-7-5-4-6-8-14)18(29)17-20(23)26-22(24)27-21(17)28;1-5-6-12-8-25(9-13-11(3)16(27-4)10(2)7-22-13)18-14(15(12)26)17(20)23-19(21)24-18;1-2/h9,14-15H,4-8,10-11H2,1-3H3,(H2,24,26,27);7,12H,5-6,8-9H2,1-4H3,(H2,21,23,24);1-2H3. The Morgan fingerprint density at radius 2 is 1.17 bits per heavy atom. The van der Waals surface area contributed by atoms with Gasteiger partial charge in [-0.05, 0) is 52.9 Å². The van der Waals surface area contributed by atoms with Crippen molar-refractivity contribution in [1.29, 1.82) is 0 Å². The van der Waals surface area contributed by atoms with Crippen LogP contribution in [0.1, 0.15) is 120 Å². The van der Waals surface area contributed by atoms with E-state index in [1.54, 1.807) is 20.4 Å². The summed E-state index contributed by atoms with van der Waals surface area (Å²) in [5, 5.41) is 0.249. The van der Waals surface area contributed by atoms with Gasteiger partial charge in [0.1, 0.15) is 33.4 Å². The van der Waals surface area contributed by atoms with E-state index in [9.17, 15) is 9.59 Å². The number of Topliss-reactive ketones (excluding diaryl/α,β-unsaturated/α-hetero) is 2. The zero-order valence-electron chi connectivity index (χ0n) is 35.8. The predicted octanol–water partition coefficient (Wildman–Crippen LogP) is 8.51. The molecular weight excluding hydrogens is 791 g/mol. The van der Waals surface area contributed by atoms with Gasteiger partial charge in [-0.3, -0.25) is 19.6 Å². The monoisotopic (exact) mass is 848 g/mol. The summed E-state index contributed by atoms with van der Waals surface area (Å²) in [4.78, 5) is 56.4. The Hall–Kier alpha value is -4.82. The van der Waals surface area contributed by atoms with Gasteiger partial charge in [-0.25, -0.2) is 9.97 Å². The summed E-state index contributed by atoms with van der Waals surface area (Å²) in [5.41, 5.74) is 18.1. The number of halogens is 2. The lowest BCUT2D eigenvalue weighted by molar-refractivity contribution is 0.0838. The Kier molecular flexibility index (Phi) is 15.3. The zero-order chi connectivity index (χ0) is 43.1. The van der Waals surface area contributed by atoms with Crippen LogP contribution in [0.3, 0.4) is 0 Å². The van der Waals surface area contributed by atoms with Crippen LogP contribution in [0.4, 0.5) is 23.5 Å². The number of aryl methyl sites for hydroxylation is 2. The molecule has 0 amide bonds. The number of ether oxygens (including phenoxy) is 2. The fraction of sp³-hybridized carbons (Fsp3) is 0.535. The molecule has 14 nitrogen and oxygen atoms in total. The molecule has 0 spiro atoms. The highest BCUT2D eigenvalue weighted by molar-refractivity contribution is 6.34. The molecule has 16 heteroatoms. The van der Waals surface area contributed by atoms with Crippen LogP contribution in [0.25, 0.3) is 0 Å². The molecule has 6 heterocycles. The Labute approximate surface area is 357 Å². The molecule has 1 saturated carbocycles. The minimum atomic E-state index is -0.153. The number of nitrogens with two attached hydrogens (primary N) is 2. The number of carbonyl (C=O) groups is 2. The van der Waals surface area contributed by atoms with Crippen LogP contribution >= 0.6 is 23.2 Å². The van der Waals surface area contributed by atoms with E-state index in [2.05, 4.69) is 41.7 Å². The molecule has 318 valence electrons. The van der Waals surface area contributed by atoms with Crippen molar-refractivity contribution in [2.45, 2.75) is 107 Å². The first-order valence-electron chi connectivity index (χ1n) is 20.5. The number of nitrogens with zero attached hydrogens (tertiary/aromatic N) is 8. The fourth-order valence-electron chi connectivity index (χ4n) is 8.56. The van der Waals surface area contributed by atoms with E-state index in [1.165, 1.54) is 19.3 Å². The quantitative estimate of drug-likeness (QED) is 0.153. The second kappa shape index (κ2) is 20.0. The summed E-state index contributed by atoms with van der Waals surface area (Å²) in [6, 6.07) is 0. The van der Waals surface area contributed by atoms with E-state index in [0.717, 1.165) is 70.8 Å². The predicted molar refractivity (Wildman–Crippen MR) is 234 cm³/mol. The van der Waals surface area contributed by atoms with Gasteiger partial charge in [0.05, 0.1) is 49.8 Å². The van der Waals surface area contributed by atoms with E-state index >= 15 is 0 Å². The van der Waals surface area contributed by atoms with Gasteiger partial charge in [0.2, 0.25) is 11.9 Å². The molecule has 59 heavy (non-hydrogen) atoms. The normalized spacial score (nSPS) is 17.6. The van der Waals surface area contributed by atoms with Crippen LogP contribution in [0.15, 0.2) is 12.4 Å². The van der Waals surface area contributed by atoms with Gasteiger partial charge >= 0.3 is 0 Å². The lowest BCUT2D eigenvalue weighted by Gasteiger charge is -2.39. The summed E-state index contributed by atoms with van der Waals surface area (Å²) in [6.07, 6.45) is 11.0. The first kappa shape index (κ1) is 45.3. The first-order valence-corrected chi connectivity index (χ1v) is 21.3. The van der Waals surface area contributed by atoms with Gasteiger partial charge in [0.15, 0.2) is 11.6 Å². The molecule has 4 aromatic heterocycles. The molecule has 3 aliphatic rings. The van der Waals surface area contributed by atoms with Gasteiger partial charge < -0.3 is 30.7 Å². The number of hydrogen-bond donors (Lipinski definition) is 2. The Morgan fingerprint density at radius 1 is 0.712 bits per heavy atom. The molecular formula is C43H58Cl2N10O4. The van der Waals surface area contributed by atoms with Gasteiger partial charge in [-0.2, -0.15) is 9.97 Å². The summed E-state index contributed by atoms with van der Waals surface area (Å²) >= 11 is 12.7. The SMILES string of the molecule is CC.CCCC1CN(Cc2ncc(C)c(OC)c2C)c2nc(N)nc(Cl)c2C1=O.COc1c(C)cnc(CN2CC(C3CCCCC3)C(=O)c3c(Cl)nc(N)nc32)c1C. The van der Waals surface area contributed by atoms with E-state index in [-0.39, 0.29) is 45.6 Å². The van der Waals surface area contributed by atoms with Crippen molar-refractivity contribution < 1.29 is 19.1 Å². The van der Waals surface area contributed by atoms with E-state index in [4.69, 9.17) is 44.1 Å². The molecule has 2 unspecified atom stereocenters. The highest BCUT2D eigenvalue weighted by Gasteiger charge is 2.41. The molecule has 0 aromatic carbocycles. The number of pyridine rings is 2. The largest absolute Gasteiger partial charge is 0.496 e. The second-order valence-electron chi connectivity index (χ2n) is 15.2. The summed E-state index contributed by atoms with van der Waals surface area (Å²) in [6.45, 7) is 16.1. The number of ketones is 2. The fourth-order valence-corrected chi connectivity index (χ4v) is 9.09. The molecule has 1 fully saturated rings. The molecule has 4 N–H and O–H groups in total. The maximum absolute atomic E-state index is 13.4. The number of anilines is 4. The van der Waals surface area contributed by atoms with Crippen molar-refractivity contribution in [3.05, 3.63) is 67.5 Å². The van der Waals surface area contributed by atoms with Crippen molar-refractivity contribution in [2.24, 2.45) is 17.8 Å². The Morgan fingerprint density at radius 3 is 1.63 bits per heavy atom. The van der Waals surface area contributed by atoms with Gasteiger partial charge in [0, 0.05) is 59.6 Å². The highest BCUT2D eigenvalue weighted by Crippen LogP contribution is 2.41. The molecule has 0 radical (unpaired) electrons. The molecule has 1 aliphatic carbocycles. The molecule has 7 rings (SSSR count). The number of carbonyl (C=O) groups excluding carboxylic acids is 2. The minimum Gasteiger partial charge on any atom is -0.496 e. The van der Waals surface area contributed by atoms with Gasteiger partial charge in [-0.1, -0.05) is 69.7 Å². The Bertz CT molecular complexity index is 2160. The third kappa shape index (κ3) is 9.64. The number of nitrogen functional groups attached to an aromatic ring is 2. The number of aromatic nitrogens is 6. The summed E-state index contributed by atoms with van der Waals surface area (Å²) < 4.78 is 11.1. The Balaban J connectivity index is 0.000000216. The van der Waals surface area contributed by atoms with Crippen LogP contribution in [-0.2, 0) is 13.1 Å². The average Bonchev–Trinajstić information content (AvgIpc) is 3.21. The van der Waals surface area contributed by atoms with Crippen LogP contribution in [0.2, 0.25) is 10.3 Å². The van der Waals surface area contributed by atoms with Crippen LogP contribution in [0.5, 0.6) is 11.5 Å². The highest BCUT2D eigenvalue weighted by atomic mass is 35.5. The summed E-state index contributed by atoms with van der Waals surface area (Å²) in [7, 11) is 3.32. The molecule has 2 aliphatic heterocycles. The number of fused-ring (bicyclic) bond motifs is 2. The van der Waals surface area contributed by atoms with Gasteiger partial charge in [0.25, 0.3) is 0 Å². The van der Waals surface area contributed by atoms with Crippen LogP contribution < -0.4 is 30.7 Å².